The molecule has 0 radical (unpaired) electrons. The molecule has 1 aliphatic rings. The number of ether oxygens (including phenoxy) is 3. The molecule has 1 N–H and O–H groups in total. The molecule has 260 valence electrons. The largest absolute Gasteiger partial charge is 0.463 e. The maximum atomic E-state index is 11.9. The van der Waals surface area contributed by atoms with Crippen LogP contribution in [0.4, 0.5) is 0 Å². The first-order chi connectivity index (χ1) is 21.9. The van der Waals surface area contributed by atoms with Crippen LogP contribution in [0, 0.1) is 5.92 Å². The SMILES string of the molecule is CCCCCC1OC1C/C=C\C/C=C\C/C=C\CCCC(=O)OC[C@H](O)COC(=O)CCCCCCCCCCCCC(C)C. The van der Waals surface area contributed by atoms with Crippen LogP contribution in [0.2, 0.25) is 0 Å². The molecule has 0 aromatic heterocycles. The van der Waals surface area contributed by atoms with E-state index in [1.807, 2.05) is 0 Å². The summed E-state index contributed by atoms with van der Waals surface area (Å²) in [5, 5.41) is 9.98. The highest BCUT2D eigenvalue weighted by Crippen LogP contribution is 2.30. The summed E-state index contributed by atoms with van der Waals surface area (Å²) in [6.45, 7) is 6.54. The number of unbranched alkanes of at least 4 members (excludes halogenated alkanes) is 12. The Morgan fingerprint density at radius 3 is 1.80 bits per heavy atom. The number of carbonyl (C=O) groups is 2. The molecule has 0 amide bonds. The first-order valence-electron chi connectivity index (χ1n) is 18.5. The number of aliphatic hydroxyl groups is 1. The molecule has 3 atom stereocenters. The lowest BCUT2D eigenvalue weighted by atomic mass is 10.0. The average Bonchev–Trinajstić information content (AvgIpc) is 3.77. The van der Waals surface area contributed by atoms with Crippen molar-refractivity contribution in [3.05, 3.63) is 36.5 Å². The zero-order valence-corrected chi connectivity index (χ0v) is 29.2. The van der Waals surface area contributed by atoms with Gasteiger partial charge in [0.05, 0.1) is 12.2 Å². The third kappa shape index (κ3) is 28.1. The lowest BCUT2D eigenvalue weighted by molar-refractivity contribution is -0.152. The monoisotopic (exact) mass is 633 g/mol. The molecule has 0 saturated carbocycles. The van der Waals surface area contributed by atoms with E-state index >= 15 is 0 Å². The summed E-state index contributed by atoms with van der Waals surface area (Å²) in [5.41, 5.74) is 0. The normalized spacial score (nSPS) is 17.2. The van der Waals surface area contributed by atoms with Gasteiger partial charge in [-0.15, -0.1) is 0 Å². The minimum Gasteiger partial charge on any atom is -0.463 e. The van der Waals surface area contributed by atoms with Gasteiger partial charge in [-0.2, -0.15) is 0 Å². The molecule has 6 heteroatoms. The van der Waals surface area contributed by atoms with Gasteiger partial charge in [0.15, 0.2) is 0 Å². The van der Waals surface area contributed by atoms with Crippen LogP contribution in [0.1, 0.15) is 162 Å². The molecule has 6 nitrogen and oxygen atoms in total. The van der Waals surface area contributed by atoms with Gasteiger partial charge in [0.2, 0.25) is 0 Å². The molecule has 1 heterocycles. The van der Waals surface area contributed by atoms with Gasteiger partial charge in [0.25, 0.3) is 0 Å². The number of epoxide rings is 1. The molecule has 0 aromatic rings. The minimum atomic E-state index is -0.987. The molecule has 45 heavy (non-hydrogen) atoms. The van der Waals surface area contributed by atoms with Crippen LogP contribution in [0.25, 0.3) is 0 Å². The topological polar surface area (TPSA) is 85.4 Å². The Morgan fingerprint density at radius 2 is 1.20 bits per heavy atom. The number of rotatable bonds is 31. The van der Waals surface area contributed by atoms with E-state index in [-0.39, 0.29) is 25.2 Å². The summed E-state index contributed by atoms with van der Waals surface area (Å²) < 4.78 is 16.0. The van der Waals surface area contributed by atoms with E-state index < -0.39 is 6.10 Å². The van der Waals surface area contributed by atoms with E-state index in [9.17, 15) is 14.7 Å². The van der Waals surface area contributed by atoms with Crippen molar-refractivity contribution in [1.29, 1.82) is 0 Å². The first kappa shape index (κ1) is 41.1. The van der Waals surface area contributed by atoms with Crippen LogP contribution in [0.15, 0.2) is 36.5 Å². The Labute approximate surface area is 276 Å². The van der Waals surface area contributed by atoms with Crippen LogP contribution in [0.5, 0.6) is 0 Å². The second-order valence-corrected chi connectivity index (χ2v) is 13.2. The number of hydrogen-bond acceptors (Lipinski definition) is 6. The van der Waals surface area contributed by atoms with Gasteiger partial charge in [-0.25, -0.2) is 0 Å². The van der Waals surface area contributed by atoms with Crippen LogP contribution in [0.3, 0.4) is 0 Å². The van der Waals surface area contributed by atoms with E-state index in [2.05, 4.69) is 57.2 Å². The Morgan fingerprint density at radius 1 is 0.667 bits per heavy atom. The number of aliphatic hydroxyl groups excluding tert-OH is 1. The summed E-state index contributed by atoms with van der Waals surface area (Å²) in [5.74, 6) is 0.189. The molecule has 1 aliphatic heterocycles. The molecule has 0 spiro atoms. The summed E-state index contributed by atoms with van der Waals surface area (Å²) >= 11 is 0. The molecule has 0 aliphatic carbocycles. The Balaban J connectivity index is 1.87. The molecule has 0 bridgehead atoms. The van der Waals surface area contributed by atoms with Gasteiger partial charge in [-0.05, 0) is 50.9 Å². The van der Waals surface area contributed by atoms with Crippen molar-refractivity contribution in [1.82, 2.24) is 0 Å². The van der Waals surface area contributed by atoms with Crippen LogP contribution in [-0.2, 0) is 23.8 Å². The summed E-state index contributed by atoms with van der Waals surface area (Å²) in [6, 6.07) is 0. The van der Waals surface area contributed by atoms with E-state index in [0.717, 1.165) is 50.9 Å². The zero-order chi connectivity index (χ0) is 32.8. The molecular weight excluding hydrogens is 564 g/mol. The average molecular weight is 633 g/mol. The highest BCUT2D eigenvalue weighted by molar-refractivity contribution is 5.69. The summed E-state index contributed by atoms with van der Waals surface area (Å²) in [4.78, 5) is 23.9. The molecule has 1 rings (SSSR count). The fourth-order valence-corrected chi connectivity index (χ4v) is 5.30. The smallest absolute Gasteiger partial charge is 0.305 e. The second kappa shape index (κ2) is 29.5. The standard InChI is InChI=1S/C39H68O6/c1-4-5-22-28-36-37(45-36)29-24-19-15-11-7-9-13-17-21-26-31-39(42)44-33-35(40)32-43-38(41)30-25-20-16-12-8-6-10-14-18-23-27-34(2)3/h7,11,13,17,19,24,34-37,40H,4-6,8-10,12,14-16,18,20-23,25-33H2,1-3H3/b11-7-,17-13-,24-19-/t35-,36?,37?/m1/s1. The van der Waals surface area contributed by atoms with Crippen LogP contribution >= 0.6 is 0 Å². The first-order valence-corrected chi connectivity index (χ1v) is 18.5. The summed E-state index contributed by atoms with van der Waals surface area (Å²) in [7, 11) is 0. The van der Waals surface area contributed by atoms with Crippen molar-refractivity contribution in [2.24, 2.45) is 5.92 Å². The third-order valence-corrected chi connectivity index (χ3v) is 8.23. The van der Waals surface area contributed by atoms with Gasteiger partial charge < -0.3 is 19.3 Å². The highest BCUT2D eigenvalue weighted by Gasteiger charge is 2.36. The molecular formula is C39H68O6. The Kier molecular flexibility index (Phi) is 26.9. The third-order valence-electron chi connectivity index (χ3n) is 8.23. The van der Waals surface area contributed by atoms with E-state index in [4.69, 9.17) is 14.2 Å². The van der Waals surface area contributed by atoms with Crippen molar-refractivity contribution in [2.45, 2.75) is 180 Å². The van der Waals surface area contributed by atoms with Crippen LogP contribution in [-0.4, -0.2) is 48.6 Å². The lowest BCUT2D eigenvalue weighted by Gasteiger charge is -2.12. The van der Waals surface area contributed by atoms with Crippen molar-refractivity contribution in [3.63, 3.8) is 0 Å². The fourth-order valence-electron chi connectivity index (χ4n) is 5.30. The van der Waals surface area contributed by atoms with Gasteiger partial charge in [-0.3, -0.25) is 9.59 Å². The maximum Gasteiger partial charge on any atom is 0.305 e. The predicted molar refractivity (Wildman–Crippen MR) is 186 cm³/mol. The summed E-state index contributed by atoms with van der Waals surface area (Å²) in [6.07, 6.45) is 36.6. The number of esters is 2. The van der Waals surface area contributed by atoms with Crippen molar-refractivity contribution < 1.29 is 28.9 Å². The molecule has 0 aromatic carbocycles. The quantitative estimate of drug-likeness (QED) is 0.0354. The number of hydrogen-bond donors (Lipinski definition) is 1. The van der Waals surface area contributed by atoms with Gasteiger partial charge in [0.1, 0.15) is 19.3 Å². The maximum absolute atomic E-state index is 11.9. The van der Waals surface area contributed by atoms with E-state index in [0.29, 0.717) is 31.5 Å². The highest BCUT2D eigenvalue weighted by atomic mass is 16.6. The minimum absolute atomic E-state index is 0.135. The van der Waals surface area contributed by atoms with Crippen molar-refractivity contribution >= 4 is 11.9 Å². The van der Waals surface area contributed by atoms with E-state index in [1.165, 1.54) is 77.0 Å². The molecule has 1 saturated heterocycles. The molecule has 2 unspecified atom stereocenters. The fraction of sp³-hybridized carbons (Fsp3) is 0.795. The van der Waals surface area contributed by atoms with Gasteiger partial charge in [0, 0.05) is 12.8 Å². The molecule has 1 fully saturated rings. The zero-order valence-electron chi connectivity index (χ0n) is 29.2. The number of allylic oxidation sites excluding steroid dienone is 5. The number of carbonyl (C=O) groups excluding carboxylic acids is 2. The lowest BCUT2D eigenvalue weighted by Crippen LogP contribution is -2.25. The van der Waals surface area contributed by atoms with Gasteiger partial charge in [-0.1, -0.05) is 141 Å². The Hall–Kier alpha value is -1.92. The van der Waals surface area contributed by atoms with E-state index in [1.54, 1.807) is 0 Å². The van der Waals surface area contributed by atoms with Crippen molar-refractivity contribution in [2.75, 3.05) is 13.2 Å². The van der Waals surface area contributed by atoms with Crippen LogP contribution < -0.4 is 0 Å². The predicted octanol–water partition coefficient (Wildman–Crippen LogP) is 10.1. The van der Waals surface area contributed by atoms with Gasteiger partial charge >= 0.3 is 11.9 Å². The Bertz CT molecular complexity index is 801. The van der Waals surface area contributed by atoms with Crippen molar-refractivity contribution in [3.8, 4) is 0 Å². The second-order valence-electron chi connectivity index (χ2n) is 13.2.